The van der Waals surface area contributed by atoms with Crippen molar-refractivity contribution in [3.63, 3.8) is 0 Å². The van der Waals surface area contributed by atoms with Crippen LogP contribution in [-0.4, -0.2) is 92.2 Å². The van der Waals surface area contributed by atoms with Crippen LogP contribution in [0.5, 0.6) is 11.5 Å². The van der Waals surface area contributed by atoms with Gasteiger partial charge in [0.25, 0.3) is 0 Å². The van der Waals surface area contributed by atoms with Gasteiger partial charge in [-0.1, -0.05) is 6.58 Å². The Balaban J connectivity index is 1.63. The summed E-state index contributed by atoms with van der Waals surface area (Å²) >= 11 is 0. The Hall–Kier alpha value is -4.68. The molecule has 4 aromatic rings. The van der Waals surface area contributed by atoms with Crippen LogP contribution in [0.4, 0.5) is 23.0 Å². The summed E-state index contributed by atoms with van der Waals surface area (Å²) in [5.74, 6) is 1.89. The van der Waals surface area contributed by atoms with Gasteiger partial charge in [0.1, 0.15) is 18.1 Å². The van der Waals surface area contributed by atoms with Crippen LogP contribution in [0.1, 0.15) is 0 Å². The number of anilines is 4. The van der Waals surface area contributed by atoms with Gasteiger partial charge in [-0.25, -0.2) is 9.67 Å². The number of methoxy groups -OCH3 is 2. The molecule has 0 atom stereocenters. The maximum Gasteiger partial charge on any atom is 0.247 e. The molecule has 2 aromatic carbocycles. The number of nitrogens with one attached hydrogen (secondary N) is 2. The minimum Gasteiger partial charge on any atom is -0.494 e. The highest BCUT2D eigenvalue weighted by Crippen LogP contribution is 2.38. The van der Waals surface area contributed by atoms with E-state index in [9.17, 15) is 4.79 Å². The van der Waals surface area contributed by atoms with Crippen molar-refractivity contribution in [3.8, 4) is 17.3 Å². The van der Waals surface area contributed by atoms with E-state index in [0.29, 0.717) is 42.1 Å². The molecule has 12 nitrogen and oxygen atoms in total. The molecule has 216 valence electrons. The van der Waals surface area contributed by atoms with Gasteiger partial charge in [-0.2, -0.15) is 10.1 Å². The number of carbonyl (C=O) groups excluding carboxylic acids is 1. The number of aromatic nitrogens is 4. The van der Waals surface area contributed by atoms with Crippen molar-refractivity contribution in [1.29, 1.82) is 0 Å². The highest BCUT2D eigenvalue weighted by molar-refractivity contribution is 6.02. The van der Waals surface area contributed by atoms with Gasteiger partial charge in [0.05, 0.1) is 42.5 Å². The Labute approximate surface area is 239 Å². The van der Waals surface area contributed by atoms with E-state index in [2.05, 4.69) is 42.1 Å². The number of benzene rings is 2. The van der Waals surface area contributed by atoms with Crippen molar-refractivity contribution < 1.29 is 19.0 Å². The van der Waals surface area contributed by atoms with E-state index < -0.39 is 0 Å². The molecule has 0 aliphatic carbocycles. The van der Waals surface area contributed by atoms with Crippen LogP contribution >= 0.6 is 0 Å². The number of hydrogen-bond acceptors (Lipinski definition) is 10. The number of ether oxygens (including phenoxy) is 3. The first-order chi connectivity index (χ1) is 19.8. The summed E-state index contributed by atoms with van der Waals surface area (Å²) < 4.78 is 18.2. The van der Waals surface area contributed by atoms with Crippen LogP contribution in [0.15, 0.2) is 61.4 Å². The number of fused-ring (bicyclic) bond motifs is 1. The lowest BCUT2D eigenvalue weighted by atomic mass is 10.2. The van der Waals surface area contributed by atoms with E-state index >= 15 is 0 Å². The summed E-state index contributed by atoms with van der Waals surface area (Å²) in [5.41, 5.74) is 2.84. The van der Waals surface area contributed by atoms with Crippen molar-refractivity contribution in [2.24, 2.45) is 0 Å². The maximum absolute atomic E-state index is 12.3. The second-order valence-corrected chi connectivity index (χ2v) is 9.47. The Morgan fingerprint density at radius 1 is 1.07 bits per heavy atom. The SMILES string of the molecule is C=CC(=O)Nc1cc(Nc2nccc(-n3ncc4cc(OCCOC)ccc43)n2)c(OC)cc1N(C)CCN(C)C. The molecule has 0 fully saturated rings. The number of hydrogen-bond donors (Lipinski definition) is 2. The smallest absolute Gasteiger partial charge is 0.247 e. The number of carbonyl (C=O) groups is 1. The average molecular weight is 561 g/mol. The largest absolute Gasteiger partial charge is 0.494 e. The molecular formula is C29H36N8O4. The Morgan fingerprint density at radius 2 is 1.90 bits per heavy atom. The summed E-state index contributed by atoms with van der Waals surface area (Å²) in [6.07, 6.45) is 4.64. The zero-order valence-corrected chi connectivity index (χ0v) is 24.0. The minimum absolute atomic E-state index is 0.320. The summed E-state index contributed by atoms with van der Waals surface area (Å²) in [5, 5.41) is 11.6. The average Bonchev–Trinajstić information content (AvgIpc) is 3.39. The molecule has 0 aliphatic rings. The molecule has 41 heavy (non-hydrogen) atoms. The van der Waals surface area contributed by atoms with E-state index in [1.807, 2.05) is 45.4 Å². The van der Waals surface area contributed by atoms with Crippen molar-refractivity contribution in [2.45, 2.75) is 0 Å². The lowest BCUT2D eigenvalue weighted by Crippen LogP contribution is -2.29. The van der Waals surface area contributed by atoms with Crippen molar-refractivity contribution >= 4 is 39.8 Å². The number of amides is 1. The molecule has 0 aliphatic heterocycles. The fraction of sp³-hybridized carbons (Fsp3) is 0.310. The van der Waals surface area contributed by atoms with E-state index in [4.69, 9.17) is 14.2 Å². The highest BCUT2D eigenvalue weighted by Gasteiger charge is 2.17. The Morgan fingerprint density at radius 3 is 2.63 bits per heavy atom. The van der Waals surface area contributed by atoms with Gasteiger partial charge in [0.2, 0.25) is 11.9 Å². The van der Waals surface area contributed by atoms with E-state index in [-0.39, 0.29) is 5.91 Å². The third-order valence-electron chi connectivity index (χ3n) is 6.25. The Kier molecular flexibility index (Phi) is 9.72. The standard InChI is InChI=1S/C29H36N8O4/c1-7-28(38)32-22-17-23(26(40-6)18-25(22)36(4)13-12-35(2)3)33-29-30-11-10-27(34-29)37-24-9-8-21(41-15-14-39-5)16-20(24)19-31-37/h7-11,16-19H,1,12-15H2,2-6H3,(H,32,38)(H,30,33,34). The van der Waals surface area contributed by atoms with Crippen LogP contribution in [0.2, 0.25) is 0 Å². The third kappa shape index (κ3) is 7.29. The lowest BCUT2D eigenvalue weighted by molar-refractivity contribution is -0.111. The highest BCUT2D eigenvalue weighted by atomic mass is 16.5. The van der Waals surface area contributed by atoms with Gasteiger partial charge >= 0.3 is 0 Å². The summed E-state index contributed by atoms with van der Waals surface area (Å²) in [4.78, 5) is 25.5. The summed E-state index contributed by atoms with van der Waals surface area (Å²) in [7, 11) is 9.21. The quantitative estimate of drug-likeness (QED) is 0.174. The van der Waals surface area contributed by atoms with Crippen LogP contribution < -0.4 is 25.0 Å². The normalized spacial score (nSPS) is 11.0. The van der Waals surface area contributed by atoms with Crippen LogP contribution in [0.25, 0.3) is 16.7 Å². The third-order valence-corrected chi connectivity index (χ3v) is 6.25. The number of nitrogens with zero attached hydrogens (tertiary/aromatic N) is 6. The van der Waals surface area contributed by atoms with Gasteiger partial charge in [0, 0.05) is 51.0 Å². The number of likely N-dealkylation sites (N-methyl/N-ethyl adjacent to an activating group) is 2. The van der Waals surface area contributed by atoms with Crippen LogP contribution in [-0.2, 0) is 9.53 Å². The first-order valence-electron chi connectivity index (χ1n) is 13.0. The molecular weight excluding hydrogens is 524 g/mol. The molecule has 12 heteroatoms. The molecule has 0 saturated heterocycles. The molecule has 0 spiro atoms. The molecule has 0 bridgehead atoms. The van der Waals surface area contributed by atoms with Crippen molar-refractivity contribution in [3.05, 3.63) is 61.4 Å². The fourth-order valence-corrected chi connectivity index (χ4v) is 4.08. The van der Waals surface area contributed by atoms with Gasteiger partial charge < -0.3 is 34.6 Å². The summed E-state index contributed by atoms with van der Waals surface area (Å²) in [6.45, 7) is 6.13. The predicted octanol–water partition coefficient (Wildman–Crippen LogP) is 3.72. The van der Waals surface area contributed by atoms with Crippen LogP contribution in [0.3, 0.4) is 0 Å². The zero-order chi connectivity index (χ0) is 29.4. The van der Waals surface area contributed by atoms with Crippen molar-refractivity contribution in [1.82, 2.24) is 24.6 Å². The molecule has 1 amide bonds. The maximum atomic E-state index is 12.3. The second-order valence-electron chi connectivity index (χ2n) is 9.47. The van der Waals surface area contributed by atoms with Gasteiger partial charge in [-0.15, -0.1) is 0 Å². The summed E-state index contributed by atoms with van der Waals surface area (Å²) in [6, 6.07) is 11.2. The minimum atomic E-state index is -0.320. The van der Waals surface area contributed by atoms with E-state index in [1.54, 1.807) is 43.4 Å². The number of rotatable bonds is 14. The van der Waals surface area contributed by atoms with E-state index in [1.165, 1.54) is 6.08 Å². The topological polar surface area (TPSA) is 119 Å². The van der Waals surface area contributed by atoms with Crippen LogP contribution in [0, 0.1) is 0 Å². The first kappa shape index (κ1) is 29.3. The molecule has 2 N–H and O–H groups in total. The molecule has 2 heterocycles. The van der Waals surface area contributed by atoms with Crippen molar-refractivity contribution in [2.75, 3.05) is 77.2 Å². The Bertz CT molecular complexity index is 1500. The molecule has 0 saturated carbocycles. The van der Waals surface area contributed by atoms with Gasteiger partial charge in [-0.05, 0) is 44.4 Å². The van der Waals surface area contributed by atoms with Gasteiger partial charge in [-0.3, -0.25) is 4.79 Å². The zero-order valence-electron chi connectivity index (χ0n) is 24.0. The monoisotopic (exact) mass is 560 g/mol. The molecule has 0 unspecified atom stereocenters. The molecule has 2 aromatic heterocycles. The van der Waals surface area contributed by atoms with E-state index in [0.717, 1.165) is 35.4 Å². The second kappa shape index (κ2) is 13.6. The predicted molar refractivity (Wildman–Crippen MR) is 161 cm³/mol. The fourth-order valence-electron chi connectivity index (χ4n) is 4.08. The first-order valence-corrected chi connectivity index (χ1v) is 13.0. The lowest BCUT2D eigenvalue weighted by Gasteiger charge is -2.26. The molecule has 4 rings (SSSR count). The molecule has 0 radical (unpaired) electrons. The van der Waals surface area contributed by atoms with Gasteiger partial charge in [0.15, 0.2) is 5.82 Å².